The monoisotopic (exact) mass is 250 g/mol. The van der Waals surface area contributed by atoms with Gasteiger partial charge in [0.05, 0.1) is 18.8 Å². The minimum Gasteiger partial charge on any atom is -0.492 e. The highest BCUT2D eigenvalue weighted by Crippen LogP contribution is 2.23. The van der Waals surface area contributed by atoms with Gasteiger partial charge in [-0.2, -0.15) is 0 Å². The highest BCUT2D eigenvalue weighted by Gasteiger charge is 2.18. The molecule has 0 aliphatic carbocycles. The lowest BCUT2D eigenvalue weighted by Gasteiger charge is -2.14. The number of nitrogen functional groups attached to an aromatic ring is 1. The Morgan fingerprint density at radius 3 is 3.11 bits per heavy atom. The molecular formula is C13H18N2O3. The van der Waals surface area contributed by atoms with Crippen LogP contribution in [0.2, 0.25) is 0 Å². The van der Waals surface area contributed by atoms with Crippen LogP contribution in [0.1, 0.15) is 16.8 Å². The number of amides is 1. The molecule has 1 unspecified atom stereocenters. The van der Waals surface area contributed by atoms with Crippen molar-refractivity contribution in [2.75, 3.05) is 32.6 Å². The molecule has 98 valence electrons. The smallest absolute Gasteiger partial charge is 0.254 e. The Morgan fingerprint density at radius 2 is 2.44 bits per heavy atom. The molecule has 1 aromatic rings. The highest BCUT2D eigenvalue weighted by molar-refractivity contribution is 5.97. The largest absolute Gasteiger partial charge is 0.492 e. The lowest BCUT2D eigenvalue weighted by atomic mass is 10.1. The second-order valence-corrected chi connectivity index (χ2v) is 4.38. The van der Waals surface area contributed by atoms with Gasteiger partial charge in [0.25, 0.3) is 5.91 Å². The third-order valence-corrected chi connectivity index (χ3v) is 2.98. The first kappa shape index (κ1) is 12.7. The van der Waals surface area contributed by atoms with Crippen LogP contribution in [0.5, 0.6) is 5.75 Å². The van der Waals surface area contributed by atoms with Crippen molar-refractivity contribution in [3.8, 4) is 5.75 Å². The molecule has 5 nitrogen and oxygen atoms in total. The Kier molecular flexibility index (Phi) is 4.04. The van der Waals surface area contributed by atoms with E-state index >= 15 is 0 Å². The van der Waals surface area contributed by atoms with E-state index in [4.69, 9.17) is 15.2 Å². The molecule has 2 rings (SSSR count). The highest BCUT2D eigenvalue weighted by atomic mass is 16.5. The average molecular weight is 250 g/mol. The number of carbonyl (C=O) groups excluding carboxylic acids is 1. The number of hydrogen-bond donors (Lipinski definition) is 2. The fraction of sp³-hybridized carbons (Fsp3) is 0.462. The summed E-state index contributed by atoms with van der Waals surface area (Å²) in [5.41, 5.74) is 6.81. The maximum atomic E-state index is 11.7. The Morgan fingerprint density at radius 1 is 1.61 bits per heavy atom. The van der Waals surface area contributed by atoms with Crippen molar-refractivity contribution >= 4 is 11.6 Å². The van der Waals surface area contributed by atoms with E-state index < -0.39 is 0 Å². The van der Waals surface area contributed by atoms with Gasteiger partial charge in [-0.05, 0) is 18.6 Å². The number of benzene rings is 1. The van der Waals surface area contributed by atoms with E-state index in [0.717, 1.165) is 19.6 Å². The first-order valence-corrected chi connectivity index (χ1v) is 6.03. The van der Waals surface area contributed by atoms with Crippen LogP contribution in [-0.4, -0.2) is 32.8 Å². The van der Waals surface area contributed by atoms with Crippen LogP contribution in [0.15, 0.2) is 18.2 Å². The van der Waals surface area contributed by atoms with Crippen LogP contribution >= 0.6 is 0 Å². The van der Waals surface area contributed by atoms with Gasteiger partial charge < -0.3 is 20.5 Å². The molecule has 0 aromatic heterocycles. The van der Waals surface area contributed by atoms with Gasteiger partial charge in [-0.25, -0.2) is 0 Å². The minimum absolute atomic E-state index is 0.173. The van der Waals surface area contributed by atoms with Crippen LogP contribution in [0.4, 0.5) is 5.69 Å². The topological polar surface area (TPSA) is 73.6 Å². The second kappa shape index (κ2) is 5.73. The predicted octanol–water partition coefficient (Wildman–Crippen LogP) is 1.04. The number of anilines is 1. The summed E-state index contributed by atoms with van der Waals surface area (Å²) in [7, 11) is 1.59. The summed E-state index contributed by atoms with van der Waals surface area (Å²) in [6.45, 7) is 2.05. The third-order valence-electron chi connectivity index (χ3n) is 2.98. The standard InChI is InChI=1S/C13H18N2O3/c1-15-13(16)11-3-2-10(14)6-12(11)18-8-9-4-5-17-7-9/h2-3,6,9H,4-5,7-8,14H2,1H3,(H,15,16). The van der Waals surface area contributed by atoms with E-state index in [0.29, 0.717) is 29.5 Å². The quantitative estimate of drug-likeness (QED) is 0.783. The average Bonchev–Trinajstić information content (AvgIpc) is 2.88. The molecule has 18 heavy (non-hydrogen) atoms. The van der Waals surface area contributed by atoms with Crippen molar-refractivity contribution in [2.24, 2.45) is 5.92 Å². The van der Waals surface area contributed by atoms with Crippen molar-refractivity contribution < 1.29 is 14.3 Å². The van der Waals surface area contributed by atoms with Gasteiger partial charge in [0, 0.05) is 31.3 Å². The summed E-state index contributed by atoms with van der Waals surface area (Å²) >= 11 is 0. The molecule has 5 heteroatoms. The van der Waals surface area contributed by atoms with Crippen LogP contribution in [0, 0.1) is 5.92 Å². The maximum absolute atomic E-state index is 11.7. The Bertz CT molecular complexity index is 428. The SMILES string of the molecule is CNC(=O)c1ccc(N)cc1OCC1CCOC1. The van der Waals surface area contributed by atoms with Crippen LogP contribution in [0.25, 0.3) is 0 Å². The molecule has 1 aromatic carbocycles. The number of carbonyl (C=O) groups is 1. The Labute approximate surface area is 106 Å². The summed E-state index contributed by atoms with van der Waals surface area (Å²) in [6, 6.07) is 5.05. The van der Waals surface area contributed by atoms with E-state index in [1.165, 1.54) is 0 Å². The number of ether oxygens (including phenoxy) is 2. The first-order chi connectivity index (χ1) is 8.70. The van der Waals surface area contributed by atoms with Crippen molar-refractivity contribution in [3.63, 3.8) is 0 Å². The van der Waals surface area contributed by atoms with Crippen molar-refractivity contribution in [1.29, 1.82) is 0 Å². The molecular weight excluding hydrogens is 232 g/mol. The molecule has 0 saturated carbocycles. The van der Waals surface area contributed by atoms with Crippen LogP contribution < -0.4 is 15.8 Å². The maximum Gasteiger partial charge on any atom is 0.254 e. The van der Waals surface area contributed by atoms with Crippen molar-refractivity contribution in [3.05, 3.63) is 23.8 Å². The Hall–Kier alpha value is -1.75. The zero-order valence-corrected chi connectivity index (χ0v) is 10.4. The number of rotatable bonds is 4. The zero-order chi connectivity index (χ0) is 13.0. The van der Waals surface area contributed by atoms with E-state index in [2.05, 4.69) is 5.32 Å². The second-order valence-electron chi connectivity index (χ2n) is 4.38. The number of nitrogens with one attached hydrogen (secondary N) is 1. The molecule has 1 heterocycles. The molecule has 0 spiro atoms. The van der Waals surface area contributed by atoms with E-state index in [1.807, 2.05) is 0 Å². The van der Waals surface area contributed by atoms with Gasteiger partial charge >= 0.3 is 0 Å². The van der Waals surface area contributed by atoms with Gasteiger partial charge in [-0.1, -0.05) is 0 Å². The number of nitrogens with two attached hydrogens (primary N) is 1. The summed E-state index contributed by atoms with van der Waals surface area (Å²) in [6.07, 6.45) is 0.998. The van der Waals surface area contributed by atoms with E-state index in [1.54, 1.807) is 25.2 Å². The molecule has 0 bridgehead atoms. The van der Waals surface area contributed by atoms with Gasteiger partial charge in [0.1, 0.15) is 5.75 Å². The third kappa shape index (κ3) is 2.92. The van der Waals surface area contributed by atoms with Crippen molar-refractivity contribution in [2.45, 2.75) is 6.42 Å². The van der Waals surface area contributed by atoms with E-state index in [-0.39, 0.29) is 5.91 Å². The molecule has 1 aliphatic rings. The summed E-state index contributed by atoms with van der Waals surface area (Å²) < 4.78 is 11.0. The van der Waals surface area contributed by atoms with Gasteiger partial charge in [0.15, 0.2) is 0 Å². The van der Waals surface area contributed by atoms with Gasteiger partial charge in [-0.15, -0.1) is 0 Å². The predicted molar refractivity (Wildman–Crippen MR) is 68.7 cm³/mol. The number of hydrogen-bond acceptors (Lipinski definition) is 4. The molecule has 0 radical (unpaired) electrons. The summed E-state index contributed by atoms with van der Waals surface area (Å²) in [5.74, 6) is 0.748. The lowest BCUT2D eigenvalue weighted by molar-refractivity contribution is 0.0957. The summed E-state index contributed by atoms with van der Waals surface area (Å²) in [4.78, 5) is 11.7. The molecule has 1 amide bonds. The molecule has 1 atom stereocenters. The first-order valence-electron chi connectivity index (χ1n) is 6.03. The fourth-order valence-corrected chi connectivity index (χ4v) is 1.90. The lowest BCUT2D eigenvalue weighted by Crippen LogP contribution is -2.20. The van der Waals surface area contributed by atoms with E-state index in [9.17, 15) is 4.79 Å². The minimum atomic E-state index is -0.173. The molecule has 1 aliphatic heterocycles. The fourth-order valence-electron chi connectivity index (χ4n) is 1.90. The molecule has 3 N–H and O–H groups in total. The molecule has 1 fully saturated rings. The van der Waals surface area contributed by atoms with Gasteiger partial charge in [0.2, 0.25) is 0 Å². The van der Waals surface area contributed by atoms with Crippen molar-refractivity contribution in [1.82, 2.24) is 5.32 Å². The Balaban J connectivity index is 2.08. The molecule has 1 saturated heterocycles. The van der Waals surface area contributed by atoms with Gasteiger partial charge in [-0.3, -0.25) is 4.79 Å². The normalized spacial score (nSPS) is 18.6. The van der Waals surface area contributed by atoms with Crippen LogP contribution in [-0.2, 0) is 4.74 Å². The summed E-state index contributed by atoms with van der Waals surface area (Å²) in [5, 5.41) is 2.58. The van der Waals surface area contributed by atoms with Crippen LogP contribution in [0.3, 0.4) is 0 Å². The zero-order valence-electron chi connectivity index (χ0n) is 10.4.